The molecule has 3 aromatic rings. The molecule has 1 aliphatic heterocycles. The number of nitrogens with zero attached hydrogens (tertiary/aromatic N) is 4. The van der Waals surface area contributed by atoms with Crippen molar-refractivity contribution in [3.05, 3.63) is 83.2 Å². The summed E-state index contributed by atoms with van der Waals surface area (Å²) in [5.74, 6) is -0.448. The molecule has 0 bridgehead atoms. The fraction of sp³-hybridized carbons (Fsp3) is 0.227. The molecule has 4 rings (SSSR count). The molecule has 2 aromatic carbocycles. The summed E-state index contributed by atoms with van der Waals surface area (Å²) in [6.45, 7) is 2.70. The molecule has 148 valence electrons. The molecule has 0 aliphatic carbocycles. The van der Waals surface area contributed by atoms with E-state index in [9.17, 15) is 14.0 Å². The molecule has 0 spiro atoms. The summed E-state index contributed by atoms with van der Waals surface area (Å²) in [6.07, 6.45) is 1.37. The Kier molecular flexibility index (Phi) is 5.37. The van der Waals surface area contributed by atoms with Crippen LogP contribution in [-0.2, 0) is 11.3 Å². The second-order valence-electron chi connectivity index (χ2n) is 6.95. The Morgan fingerprint density at radius 2 is 1.66 bits per heavy atom. The van der Waals surface area contributed by atoms with Crippen LogP contribution in [0.25, 0.3) is 11.3 Å². The second-order valence-corrected chi connectivity index (χ2v) is 6.95. The molecular weight excluding hydrogens is 371 g/mol. The summed E-state index contributed by atoms with van der Waals surface area (Å²) >= 11 is 0. The predicted molar refractivity (Wildman–Crippen MR) is 109 cm³/mol. The summed E-state index contributed by atoms with van der Waals surface area (Å²) in [7, 11) is 0. The van der Waals surface area contributed by atoms with Crippen LogP contribution in [0.4, 0.5) is 10.1 Å². The smallest absolute Gasteiger partial charge is 0.254 e. The standard InChI is InChI=1S/C22H21FN4O2/c23-18-8-6-17(7-9-18)20-14-21(28)27(16-24-20)15-22(29)26-12-10-25(11-13-26)19-4-2-1-3-5-19/h1-9,14,16H,10-13,15H2. The van der Waals surface area contributed by atoms with Crippen molar-refractivity contribution < 1.29 is 9.18 Å². The summed E-state index contributed by atoms with van der Waals surface area (Å²) in [4.78, 5) is 33.3. The van der Waals surface area contributed by atoms with Gasteiger partial charge in [0.05, 0.1) is 12.0 Å². The monoisotopic (exact) mass is 392 g/mol. The van der Waals surface area contributed by atoms with Crippen molar-refractivity contribution in [3.63, 3.8) is 0 Å². The van der Waals surface area contributed by atoms with E-state index in [0.717, 1.165) is 18.8 Å². The summed E-state index contributed by atoms with van der Waals surface area (Å²) in [6, 6.07) is 17.3. The maximum absolute atomic E-state index is 13.1. The van der Waals surface area contributed by atoms with Gasteiger partial charge in [0, 0.05) is 43.5 Å². The van der Waals surface area contributed by atoms with Crippen LogP contribution in [0, 0.1) is 5.82 Å². The number of rotatable bonds is 4. The Hall–Kier alpha value is -3.48. The minimum Gasteiger partial charge on any atom is -0.368 e. The average Bonchev–Trinajstić information content (AvgIpc) is 2.76. The van der Waals surface area contributed by atoms with Gasteiger partial charge in [-0.25, -0.2) is 9.37 Å². The molecule has 0 atom stereocenters. The maximum Gasteiger partial charge on any atom is 0.254 e. The van der Waals surface area contributed by atoms with E-state index in [1.54, 1.807) is 17.0 Å². The first-order valence-electron chi connectivity index (χ1n) is 9.50. The molecule has 1 saturated heterocycles. The number of anilines is 1. The number of piperazine rings is 1. The highest BCUT2D eigenvalue weighted by molar-refractivity contribution is 5.76. The van der Waals surface area contributed by atoms with Crippen molar-refractivity contribution in [1.82, 2.24) is 14.5 Å². The molecule has 0 saturated carbocycles. The van der Waals surface area contributed by atoms with Crippen molar-refractivity contribution >= 4 is 11.6 Å². The van der Waals surface area contributed by atoms with Crippen LogP contribution >= 0.6 is 0 Å². The zero-order valence-corrected chi connectivity index (χ0v) is 15.9. The molecule has 0 radical (unpaired) electrons. The van der Waals surface area contributed by atoms with E-state index in [-0.39, 0.29) is 23.8 Å². The van der Waals surface area contributed by atoms with E-state index in [4.69, 9.17) is 0 Å². The lowest BCUT2D eigenvalue weighted by Crippen LogP contribution is -2.50. The predicted octanol–water partition coefficient (Wildman–Crippen LogP) is 2.40. The van der Waals surface area contributed by atoms with Crippen molar-refractivity contribution in [2.75, 3.05) is 31.1 Å². The van der Waals surface area contributed by atoms with Crippen molar-refractivity contribution in [2.45, 2.75) is 6.54 Å². The van der Waals surface area contributed by atoms with Crippen LogP contribution in [-0.4, -0.2) is 46.5 Å². The Morgan fingerprint density at radius 1 is 0.966 bits per heavy atom. The minimum absolute atomic E-state index is 0.0408. The van der Waals surface area contributed by atoms with Crippen molar-refractivity contribution in [3.8, 4) is 11.3 Å². The topological polar surface area (TPSA) is 58.4 Å². The third-order valence-corrected chi connectivity index (χ3v) is 5.08. The first-order chi connectivity index (χ1) is 14.1. The first-order valence-corrected chi connectivity index (χ1v) is 9.50. The molecule has 1 fully saturated rings. The lowest BCUT2D eigenvalue weighted by Gasteiger charge is -2.36. The Balaban J connectivity index is 1.39. The highest BCUT2D eigenvalue weighted by Crippen LogP contribution is 2.16. The normalized spacial score (nSPS) is 14.1. The number of halogens is 1. The first kappa shape index (κ1) is 18.9. The van der Waals surface area contributed by atoms with Gasteiger partial charge in [0.1, 0.15) is 12.4 Å². The van der Waals surface area contributed by atoms with Crippen molar-refractivity contribution in [1.29, 1.82) is 0 Å². The lowest BCUT2D eigenvalue weighted by molar-refractivity contribution is -0.132. The number of carbonyl (C=O) groups excluding carboxylic acids is 1. The molecule has 0 unspecified atom stereocenters. The summed E-state index contributed by atoms with van der Waals surface area (Å²) in [5, 5.41) is 0. The van der Waals surface area contributed by atoms with Crippen LogP contribution in [0.2, 0.25) is 0 Å². The minimum atomic E-state index is -0.347. The van der Waals surface area contributed by atoms with Crippen LogP contribution < -0.4 is 10.5 Å². The van der Waals surface area contributed by atoms with E-state index in [1.807, 2.05) is 18.2 Å². The molecule has 1 aliphatic rings. The van der Waals surface area contributed by atoms with Gasteiger partial charge in [-0.05, 0) is 36.4 Å². The van der Waals surface area contributed by atoms with Gasteiger partial charge in [-0.15, -0.1) is 0 Å². The SMILES string of the molecule is O=C(Cn1cnc(-c2ccc(F)cc2)cc1=O)N1CCN(c2ccccc2)CC1. The molecule has 2 heterocycles. The Morgan fingerprint density at radius 3 is 2.31 bits per heavy atom. The zero-order valence-electron chi connectivity index (χ0n) is 15.9. The molecule has 6 nitrogen and oxygen atoms in total. The molecule has 29 heavy (non-hydrogen) atoms. The van der Waals surface area contributed by atoms with Crippen LogP contribution in [0.5, 0.6) is 0 Å². The number of para-hydroxylation sites is 1. The third kappa shape index (κ3) is 4.34. The number of carbonyl (C=O) groups is 1. The van der Waals surface area contributed by atoms with Gasteiger partial charge in [-0.2, -0.15) is 0 Å². The maximum atomic E-state index is 13.1. The highest BCUT2D eigenvalue weighted by Gasteiger charge is 2.21. The fourth-order valence-electron chi connectivity index (χ4n) is 3.42. The van der Waals surface area contributed by atoms with Crippen LogP contribution in [0.3, 0.4) is 0 Å². The number of aromatic nitrogens is 2. The zero-order chi connectivity index (χ0) is 20.2. The summed E-state index contributed by atoms with van der Waals surface area (Å²) in [5.41, 5.74) is 1.95. The number of amides is 1. The van der Waals surface area contributed by atoms with E-state index in [0.29, 0.717) is 24.3 Å². The van der Waals surface area contributed by atoms with Gasteiger partial charge < -0.3 is 9.80 Å². The van der Waals surface area contributed by atoms with E-state index < -0.39 is 0 Å². The molecule has 0 N–H and O–H groups in total. The van der Waals surface area contributed by atoms with Crippen LogP contribution in [0.1, 0.15) is 0 Å². The third-order valence-electron chi connectivity index (χ3n) is 5.08. The quantitative estimate of drug-likeness (QED) is 0.684. The lowest BCUT2D eigenvalue weighted by atomic mass is 10.1. The highest BCUT2D eigenvalue weighted by atomic mass is 19.1. The van der Waals surface area contributed by atoms with Gasteiger partial charge in [0.15, 0.2) is 0 Å². The average molecular weight is 392 g/mol. The molecular formula is C22H21FN4O2. The summed E-state index contributed by atoms with van der Waals surface area (Å²) < 4.78 is 14.4. The number of hydrogen-bond donors (Lipinski definition) is 0. The number of hydrogen-bond acceptors (Lipinski definition) is 4. The molecule has 7 heteroatoms. The van der Waals surface area contributed by atoms with Gasteiger partial charge in [0.2, 0.25) is 5.91 Å². The van der Waals surface area contributed by atoms with Gasteiger partial charge in [-0.3, -0.25) is 14.2 Å². The van der Waals surface area contributed by atoms with E-state index in [2.05, 4.69) is 22.0 Å². The van der Waals surface area contributed by atoms with E-state index in [1.165, 1.54) is 29.1 Å². The van der Waals surface area contributed by atoms with Crippen molar-refractivity contribution in [2.24, 2.45) is 0 Å². The van der Waals surface area contributed by atoms with Gasteiger partial charge in [0.25, 0.3) is 5.56 Å². The number of benzene rings is 2. The molecule has 1 aromatic heterocycles. The largest absolute Gasteiger partial charge is 0.368 e. The second kappa shape index (κ2) is 8.26. The van der Waals surface area contributed by atoms with Gasteiger partial charge in [-0.1, -0.05) is 18.2 Å². The molecule has 1 amide bonds. The van der Waals surface area contributed by atoms with Crippen LogP contribution in [0.15, 0.2) is 71.8 Å². The Bertz CT molecular complexity index is 1040. The Labute approximate surface area is 167 Å². The van der Waals surface area contributed by atoms with E-state index >= 15 is 0 Å². The fourth-order valence-corrected chi connectivity index (χ4v) is 3.42. The van der Waals surface area contributed by atoms with Gasteiger partial charge >= 0.3 is 0 Å².